The summed E-state index contributed by atoms with van der Waals surface area (Å²) in [6, 6.07) is 6.78. The molecule has 2 heteroatoms. The molecule has 0 aliphatic heterocycles. The van der Waals surface area contributed by atoms with Gasteiger partial charge in [0.05, 0.1) is 0 Å². The van der Waals surface area contributed by atoms with Crippen LogP contribution in [-0.2, 0) is 6.42 Å². The summed E-state index contributed by atoms with van der Waals surface area (Å²) in [5.41, 5.74) is 12.7. The first-order valence-corrected chi connectivity index (χ1v) is 20.4. The highest BCUT2D eigenvalue weighted by Crippen LogP contribution is 2.40. The van der Waals surface area contributed by atoms with Crippen LogP contribution in [0.2, 0.25) is 36.3 Å². The lowest BCUT2D eigenvalue weighted by molar-refractivity contribution is 0.575. The summed E-state index contributed by atoms with van der Waals surface area (Å²) in [6.07, 6.45) is 12.0. The van der Waals surface area contributed by atoms with Crippen LogP contribution in [-0.4, -0.2) is 16.1 Å². The van der Waals surface area contributed by atoms with Crippen LogP contribution in [0.5, 0.6) is 0 Å². The van der Waals surface area contributed by atoms with Gasteiger partial charge in [-0.2, -0.15) is 0 Å². The molecule has 0 radical (unpaired) electrons. The van der Waals surface area contributed by atoms with Gasteiger partial charge < -0.3 is 0 Å². The molecule has 0 fully saturated rings. The Morgan fingerprint density at radius 1 is 0.639 bits per heavy atom. The minimum absolute atomic E-state index is 0.627. The van der Waals surface area contributed by atoms with Gasteiger partial charge in [0, 0.05) is 11.1 Å². The third-order valence-corrected chi connectivity index (χ3v) is 14.5. The quantitative estimate of drug-likeness (QED) is 0.147. The summed E-state index contributed by atoms with van der Waals surface area (Å²) in [5.74, 6) is 13.3. The summed E-state index contributed by atoms with van der Waals surface area (Å²) in [6.45, 7) is 23.3. The second-order valence-corrected chi connectivity index (χ2v) is 22.8. The number of aryl methyl sites for hydroxylation is 1. The van der Waals surface area contributed by atoms with E-state index in [1.54, 1.807) is 0 Å². The number of unbranched alkanes of at least 4 members (excludes halogenated alkanes) is 7. The van der Waals surface area contributed by atoms with Gasteiger partial charge in [-0.25, -0.2) is 0 Å². The average molecular weight is 519 g/mol. The minimum atomic E-state index is -1.80. The molecule has 0 aromatic heterocycles. The molecule has 198 valence electrons. The summed E-state index contributed by atoms with van der Waals surface area (Å²) < 4.78 is 0. The topological polar surface area (TPSA) is 0 Å². The molecule has 0 amide bonds. The fourth-order valence-corrected chi connectivity index (χ4v) is 11.0. The second kappa shape index (κ2) is 16.2. The highest BCUT2D eigenvalue weighted by atomic mass is 28.3. The smallest absolute Gasteiger partial charge is 0.125 e. The molecule has 0 aliphatic rings. The third kappa shape index (κ3) is 11.2. The Hall–Kier alpha value is -1.67. The Labute approximate surface area is 227 Å². The van der Waals surface area contributed by atoms with E-state index in [1.165, 1.54) is 56.9 Å². The van der Waals surface area contributed by atoms with Crippen LogP contribution >= 0.6 is 0 Å². The van der Waals surface area contributed by atoms with E-state index in [1.807, 2.05) is 0 Å². The van der Waals surface area contributed by atoms with E-state index in [2.05, 4.69) is 121 Å². The lowest BCUT2D eigenvalue weighted by atomic mass is 10.00. The van der Waals surface area contributed by atoms with Crippen molar-refractivity contribution in [1.29, 1.82) is 0 Å². The Kier molecular flexibility index (Phi) is 14.6. The average Bonchev–Trinajstić information content (AvgIpc) is 2.78. The van der Waals surface area contributed by atoms with Crippen molar-refractivity contribution in [2.75, 3.05) is 0 Å². The van der Waals surface area contributed by atoms with E-state index < -0.39 is 16.1 Å². The van der Waals surface area contributed by atoms with Crippen molar-refractivity contribution in [3.05, 3.63) is 34.9 Å². The molecule has 0 nitrogen and oxygen atoms in total. The van der Waals surface area contributed by atoms with Gasteiger partial charge in [0.2, 0.25) is 0 Å². The van der Waals surface area contributed by atoms with Crippen LogP contribution in [0.15, 0.2) is 18.2 Å². The van der Waals surface area contributed by atoms with Gasteiger partial charge >= 0.3 is 0 Å². The maximum atomic E-state index is 3.92. The van der Waals surface area contributed by atoms with E-state index in [-0.39, 0.29) is 0 Å². The highest BCUT2D eigenvalue weighted by Gasteiger charge is 2.41. The fourth-order valence-electron chi connectivity index (χ4n) is 5.35. The summed E-state index contributed by atoms with van der Waals surface area (Å²) in [7, 11) is -3.21. The number of benzene rings is 1. The Balaban J connectivity index is 3.19. The molecular formula is C34H54Si2. The monoisotopic (exact) mass is 518 g/mol. The normalized spacial score (nSPS) is 11.6. The predicted molar refractivity (Wildman–Crippen MR) is 169 cm³/mol. The van der Waals surface area contributed by atoms with Crippen molar-refractivity contribution in [2.24, 2.45) is 0 Å². The molecule has 0 spiro atoms. The molecule has 0 heterocycles. The molecule has 0 unspecified atom stereocenters. The number of hydrogen-bond acceptors (Lipinski definition) is 0. The SMILES string of the molecule is CCCCCCCCCCc1ccc(C#CC#C[Si](C)(C)C)c(C#C[Si](C(C)C)(C(C)C)C(C)C)c1. The molecule has 0 aliphatic carbocycles. The fraction of sp³-hybridized carbons (Fsp3) is 0.647. The summed E-state index contributed by atoms with van der Waals surface area (Å²) in [4.78, 5) is 0. The van der Waals surface area contributed by atoms with Crippen molar-refractivity contribution in [3.8, 4) is 34.8 Å². The second-order valence-electron chi connectivity index (χ2n) is 12.5. The van der Waals surface area contributed by atoms with Gasteiger partial charge in [-0.05, 0) is 59.0 Å². The molecule has 36 heavy (non-hydrogen) atoms. The Bertz CT molecular complexity index is 950. The zero-order chi connectivity index (χ0) is 27.2. The standard InChI is InChI=1S/C34H54Si2/c1-11-12-13-14-15-16-17-18-21-32-23-24-33(22-19-20-26-35(8,9)10)34(28-32)25-27-36(29(2)3,30(4)5)31(6)7/h23-24,28-31H,11-18,21H2,1-10H3. The van der Waals surface area contributed by atoms with Crippen molar-refractivity contribution < 1.29 is 0 Å². The zero-order valence-corrected chi connectivity index (χ0v) is 27.3. The first-order chi connectivity index (χ1) is 16.9. The van der Waals surface area contributed by atoms with E-state index in [4.69, 9.17) is 0 Å². The van der Waals surface area contributed by atoms with Crippen LogP contribution in [0, 0.1) is 34.8 Å². The maximum absolute atomic E-state index is 3.92. The van der Waals surface area contributed by atoms with E-state index in [9.17, 15) is 0 Å². The van der Waals surface area contributed by atoms with Crippen LogP contribution in [0.1, 0.15) is 117 Å². The third-order valence-electron chi connectivity index (χ3n) is 7.38. The van der Waals surface area contributed by atoms with Gasteiger partial charge in [0.15, 0.2) is 0 Å². The molecule has 0 bridgehead atoms. The largest absolute Gasteiger partial charge is 0.146 e. The lowest BCUT2D eigenvalue weighted by Gasteiger charge is -2.38. The lowest BCUT2D eigenvalue weighted by Crippen LogP contribution is -2.43. The minimum Gasteiger partial charge on any atom is -0.125 e. The van der Waals surface area contributed by atoms with E-state index in [0.29, 0.717) is 16.6 Å². The van der Waals surface area contributed by atoms with E-state index >= 15 is 0 Å². The van der Waals surface area contributed by atoms with Gasteiger partial charge in [0.25, 0.3) is 0 Å². The van der Waals surface area contributed by atoms with Gasteiger partial charge in [-0.1, -0.05) is 131 Å². The predicted octanol–water partition coefficient (Wildman–Crippen LogP) is 10.2. The zero-order valence-electron chi connectivity index (χ0n) is 25.3. The molecule has 1 rings (SSSR count). The van der Waals surface area contributed by atoms with Crippen molar-refractivity contribution in [2.45, 2.75) is 143 Å². The molecule has 0 saturated carbocycles. The van der Waals surface area contributed by atoms with Gasteiger partial charge in [-0.3, -0.25) is 0 Å². The molecular weight excluding hydrogens is 465 g/mol. The van der Waals surface area contributed by atoms with Crippen LogP contribution < -0.4 is 0 Å². The van der Waals surface area contributed by atoms with Crippen molar-refractivity contribution >= 4 is 16.1 Å². The van der Waals surface area contributed by atoms with Gasteiger partial charge in [-0.15, -0.1) is 11.1 Å². The first-order valence-electron chi connectivity index (χ1n) is 14.6. The van der Waals surface area contributed by atoms with Crippen molar-refractivity contribution in [1.82, 2.24) is 0 Å². The summed E-state index contributed by atoms with van der Waals surface area (Å²) in [5, 5.41) is 0. The van der Waals surface area contributed by atoms with Gasteiger partial charge in [0.1, 0.15) is 16.1 Å². The first kappa shape index (κ1) is 32.4. The van der Waals surface area contributed by atoms with Crippen LogP contribution in [0.3, 0.4) is 0 Å². The van der Waals surface area contributed by atoms with Crippen LogP contribution in [0.25, 0.3) is 0 Å². The molecule has 0 saturated heterocycles. The van der Waals surface area contributed by atoms with E-state index in [0.717, 1.165) is 17.5 Å². The number of hydrogen-bond donors (Lipinski definition) is 0. The Morgan fingerprint density at radius 3 is 1.72 bits per heavy atom. The van der Waals surface area contributed by atoms with Crippen LogP contribution in [0.4, 0.5) is 0 Å². The molecule has 0 atom stereocenters. The summed E-state index contributed by atoms with van der Waals surface area (Å²) >= 11 is 0. The Morgan fingerprint density at radius 2 is 1.19 bits per heavy atom. The molecule has 0 N–H and O–H groups in total. The highest BCUT2D eigenvalue weighted by molar-refractivity contribution is 6.90. The number of rotatable bonds is 12. The molecule has 1 aromatic carbocycles. The maximum Gasteiger partial charge on any atom is 0.146 e. The molecule has 1 aromatic rings. The van der Waals surface area contributed by atoms with Crippen molar-refractivity contribution in [3.63, 3.8) is 0 Å².